The van der Waals surface area contributed by atoms with Gasteiger partial charge in [-0.3, -0.25) is 4.79 Å². The topological polar surface area (TPSA) is 32.3 Å². The van der Waals surface area contributed by atoms with Crippen LogP contribution in [0.4, 0.5) is 0 Å². The predicted molar refractivity (Wildman–Crippen MR) is 62.7 cm³/mol. The Balaban J connectivity index is 2.17. The van der Waals surface area contributed by atoms with Crippen molar-refractivity contribution in [1.82, 2.24) is 10.2 Å². The van der Waals surface area contributed by atoms with Crippen LogP contribution < -0.4 is 5.32 Å². The van der Waals surface area contributed by atoms with Gasteiger partial charge in [0, 0.05) is 26.1 Å². The quantitative estimate of drug-likeness (QED) is 0.551. The van der Waals surface area contributed by atoms with Crippen molar-refractivity contribution in [3.8, 4) is 0 Å². The van der Waals surface area contributed by atoms with Crippen molar-refractivity contribution < 1.29 is 4.79 Å². The van der Waals surface area contributed by atoms with Gasteiger partial charge >= 0.3 is 0 Å². The molecule has 1 N–H and O–H groups in total. The van der Waals surface area contributed by atoms with Crippen LogP contribution in [-0.4, -0.2) is 37.0 Å². The summed E-state index contributed by atoms with van der Waals surface area (Å²) in [6.45, 7) is 7.78. The first-order valence-corrected chi connectivity index (χ1v) is 5.88. The van der Waals surface area contributed by atoms with Crippen LogP contribution >= 0.6 is 0 Å². The van der Waals surface area contributed by atoms with Crippen LogP contribution in [0.15, 0.2) is 11.6 Å². The standard InChI is InChI=1S/C12H22N2O/c1-3-7-13-8-4-12(15)14-9-5-11(2)6-10-14/h5,13H,3-4,6-10H2,1-2H3. The van der Waals surface area contributed by atoms with Crippen LogP contribution in [0.5, 0.6) is 0 Å². The molecule has 86 valence electrons. The molecular formula is C12H22N2O. The minimum Gasteiger partial charge on any atom is -0.339 e. The summed E-state index contributed by atoms with van der Waals surface area (Å²) in [6, 6.07) is 0. The van der Waals surface area contributed by atoms with Gasteiger partial charge in [0.05, 0.1) is 0 Å². The Labute approximate surface area is 92.5 Å². The Morgan fingerprint density at radius 1 is 1.53 bits per heavy atom. The normalized spacial score (nSPS) is 16.4. The first-order chi connectivity index (χ1) is 7.24. The second kappa shape index (κ2) is 6.62. The molecule has 1 heterocycles. The molecule has 1 aliphatic heterocycles. The first kappa shape index (κ1) is 12.2. The number of hydrogen-bond acceptors (Lipinski definition) is 2. The molecule has 0 bridgehead atoms. The van der Waals surface area contributed by atoms with Crippen molar-refractivity contribution in [3.05, 3.63) is 11.6 Å². The molecule has 0 saturated carbocycles. The minimum absolute atomic E-state index is 0.280. The summed E-state index contributed by atoms with van der Waals surface area (Å²) in [5.41, 5.74) is 1.41. The Morgan fingerprint density at radius 2 is 2.33 bits per heavy atom. The molecule has 0 atom stereocenters. The number of carbonyl (C=O) groups is 1. The SMILES string of the molecule is CCCNCCC(=O)N1CC=C(C)CC1. The molecule has 0 saturated heterocycles. The summed E-state index contributed by atoms with van der Waals surface area (Å²) < 4.78 is 0. The van der Waals surface area contributed by atoms with E-state index in [9.17, 15) is 4.79 Å². The van der Waals surface area contributed by atoms with E-state index in [-0.39, 0.29) is 5.91 Å². The Hall–Kier alpha value is -0.830. The molecule has 1 rings (SSSR count). The van der Waals surface area contributed by atoms with E-state index >= 15 is 0 Å². The van der Waals surface area contributed by atoms with Crippen molar-refractivity contribution in [1.29, 1.82) is 0 Å². The highest BCUT2D eigenvalue weighted by atomic mass is 16.2. The maximum Gasteiger partial charge on any atom is 0.224 e. The van der Waals surface area contributed by atoms with Crippen molar-refractivity contribution >= 4 is 5.91 Å². The van der Waals surface area contributed by atoms with Crippen LogP contribution in [-0.2, 0) is 4.79 Å². The molecule has 0 aromatic heterocycles. The summed E-state index contributed by atoms with van der Waals surface area (Å²) in [5.74, 6) is 0.280. The van der Waals surface area contributed by atoms with Gasteiger partial charge in [-0.15, -0.1) is 0 Å². The second-order valence-electron chi connectivity index (χ2n) is 4.14. The number of nitrogens with zero attached hydrogens (tertiary/aromatic N) is 1. The molecule has 0 aromatic carbocycles. The zero-order valence-electron chi connectivity index (χ0n) is 9.88. The molecule has 1 amide bonds. The van der Waals surface area contributed by atoms with E-state index in [2.05, 4.69) is 25.2 Å². The lowest BCUT2D eigenvalue weighted by atomic mass is 10.1. The zero-order chi connectivity index (χ0) is 11.1. The molecule has 0 fully saturated rings. The molecule has 0 aliphatic carbocycles. The van der Waals surface area contributed by atoms with Gasteiger partial charge in [-0.25, -0.2) is 0 Å². The summed E-state index contributed by atoms with van der Waals surface area (Å²) in [4.78, 5) is 13.7. The molecule has 3 nitrogen and oxygen atoms in total. The molecule has 1 aliphatic rings. The van der Waals surface area contributed by atoms with Gasteiger partial charge in [0.1, 0.15) is 0 Å². The highest BCUT2D eigenvalue weighted by Gasteiger charge is 2.14. The third-order valence-electron chi connectivity index (χ3n) is 2.73. The highest BCUT2D eigenvalue weighted by molar-refractivity contribution is 5.76. The summed E-state index contributed by atoms with van der Waals surface area (Å²) in [6.07, 6.45) is 4.95. The molecule has 0 spiro atoms. The number of carbonyl (C=O) groups excluding carboxylic acids is 1. The second-order valence-corrected chi connectivity index (χ2v) is 4.14. The fraction of sp³-hybridized carbons (Fsp3) is 0.750. The molecule has 3 heteroatoms. The van der Waals surface area contributed by atoms with Gasteiger partial charge in [0.25, 0.3) is 0 Å². The average molecular weight is 210 g/mol. The Bertz CT molecular complexity index is 236. The molecule has 15 heavy (non-hydrogen) atoms. The van der Waals surface area contributed by atoms with Crippen molar-refractivity contribution in [2.75, 3.05) is 26.2 Å². The molecular weight excluding hydrogens is 188 g/mol. The Kier molecular flexibility index (Phi) is 5.40. The van der Waals surface area contributed by atoms with E-state index < -0.39 is 0 Å². The number of rotatable bonds is 5. The third-order valence-corrected chi connectivity index (χ3v) is 2.73. The van der Waals surface area contributed by atoms with Crippen LogP contribution in [0.1, 0.15) is 33.1 Å². The van der Waals surface area contributed by atoms with Gasteiger partial charge in [-0.2, -0.15) is 0 Å². The first-order valence-electron chi connectivity index (χ1n) is 5.88. The highest BCUT2D eigenvalue weighted by Crippen LogP contribution is 2.10. The lowest BCUT2D eigenvalue weighted by Gasteiger charge is -2.25. The predicted octanol–water partition coefficient (Wildman–Crippen LogP) is 1.55. The van der Waals surface area contributed by atoms with Gasteiger partial charge < -0.3 is 10.2 Å². The Morgan fingerprint density at radius 3 is 2.93 bits per heavy atom. The van der Waals surface area contributed by atoms with Crippen LogP contribution in [0.2, 0.25) is 0 Å². The summed E-state index contributed by atoms with van der Waals surface area (Å²) in [7, 11) is 0. The molecule has 0 unspecified atom stereocenters. The van der Waals surface area contributed by atoms with E-state index in [1.54, 1.807) is 0 Å². The van der Waals surface area contributed by atoms with E-state index in [0.717, 1.165) is 39.0 Å². The van der Waals surface area contributed by atoms with Gasteiger partial charge in [0.2, 0.25) is 5.91 Å². The maximum absolute atomic E-state index is 11.7. The lowest BCUT2D eigenvalue weighted by molar-refractivity contribution is -0.130. The van der Waals surface area contributed by atoms with Crippen LogP contribution in [0.25, 0.3) is 0 Å². The van der Waals surface area contributed by atoms with Crippen molar-refractivity contribution in [2.24, 2.45) is 0 Å². The van der Waals surface area contributed by atoms with Crippen LogP contribution in [0.3, 0.4) is 0 Å². The summed E-state index contributed by atoms with van der Waals surface area (Å²) in [5, 5.41) is 3.25. The number of hydrogen-bond donors (Lipinski definition) is 1. The monoisotopic (exact) mass is 210 g/mol. The van der Waals surface area contributed by atoms with E-state index in [0.29, 0.717) is 6.42 Å². The van der Waals surface area contributed by atoms with Crippen molar-refractivity contribution in [3.63, 3.8) is 0 Å². The fourth-order valence-electron chi connectivity index (χ4n) is 1.65. The van der Waals surface area contributed by atoms with Gasteiger partial charge in [0.15, 0.2) is 0 Å². The minimum atomic E-state index is 0.280. The van der Waals surface area contributed by atoms with Crippen molar-refractivity contribution in [2.45, 2.75) is 33.1 Å². The molecule has 0 aromatic rings. The van der Waals surface area contributed by atoms with Crippen LogP contribution in [0, 0.1) is 0 Å². The average Bonchev–Trinajstić information content (AvgIpc) is 2.25. The smallest absolute Gasteiger partial charge is 0.224 e. The van der Waals surface area contributed by atoms with E-state index in [4.69, 9.17) is 0 Å². The van der Waals surface area contributed by atoms with Gasteiger partial charge in [-0.05, 0) is 26.3 Å². The van der Waals surface area contributed by atoms with E-state index in [1.165, 1.54) is 5.57 Å². The maximum atomic E-state index is 11.7. The third kappa shape index (κ3) is 4.47. The van der Waals surface area contributed by atoms with E-state index in [1.807, 2.05) is 4.90 Å². The lowest BCUT2D eigenvalue weighted by Crippen LogP contribution is -2.36. The number of nitrogens with one attached hydrogen (secondary N) is 1. The fourth-order valence-corrected chi connectivity index (χ4v) is 1.65. The number of amides is 1. The zero-order valence-corrected chi connectivity index (χ0v) is 9.88. The molecule has 0 radical (unpaired) electrons. The largest absolute Gasteiger partial charge is 0.339 e. The van der Waals surface area contributed by atoms with Gasteiger partial charge in [-0.1, -0.05) is 18.6 Å². The summed E-state index contributed by atoms with van der Waals surface area (Å²) >= 11 is 0.